The van der Waals surface area contributed by atoms with Gasteiger partial charge in [-0.3, -0.25) is 14.5 Å². The van der Waals surface area contributed by atoms with Gasteiger partial charge in [-0.1, -0.05) is 6.08 Å². The highest BCUT2D eigenvalue weighted by molar-refractivity contribution is 7.80. The molecule has 138 valence electrons. The molecule has 3 aromatic rings. The maximum absolute atomic E-state index is 10.9. The van der Waals surface area contributed by atoms with Crippen molar-refractivity contribution in [1.29, 1.82) is 0 Å². The molecule has 0 fully saturated rings. The van der Waals surface area contributed by atoms with Gasteiger partial charge in [0.2, 0.25) is 5.91 Å². The Morgan fingerprint density at radius 2 is 2.19 bits per heavy atom. The lowest BCUT2D eigenvalue weighted by molar-refractivity contribution is -0.118. The first-order valence-electron chi connectivity index (χ1n) is 8.16. The van der Waals surface area contributed by atoms with E-state index in [0.717, 1.165) is 5.56 Å². The van der Waals surface area contributed by atoms with Crippen LogP contribution in [0.3, 0.4) is 0 Å². The van der Waals surface area contributed by atoms with E-state index in [9.17, 15) is 4.79 Å². The number of fused-ring (bicyclic) bond motifs is 1. The third kappa shape index (κ3) is 4.82. The van der Waals surface area contributed by atoms with Crippen molar-refractivity contribution in [2.75, 3.05) is 11.9 Å². The number of amides is 1. The number of aryl methyl sites for hydroxylation is 1. The van der Waals surface area contributed by atoms with E-state index >= 15 is 0 Å². The number of nitrogens with two attached hydrogens (primary N) is 1. The van der Waals surface area contributed by atoms with Gasteiger partial charge in [-0.25, -0.2) is 9.97 Å². The van der Waals surface area contributed by atoms with Crippen molar-refractivity contribution in [3.05, 3.63) is 43.4 Å². The topological polar surface area (TPSA) is 124 Å². The number of hydrogen-bond donors (Lipinski definition) is 3. The first-order valence-corrected chi connectivity index (χ1v) is 8.56. The third-order valence-electron chi connectivity index (χ3n) is 3.57. The van der Waals surface area contributed by atoms with E-state index in [1.807, 2.05) is 6.07 Å². The van der Waals surface area contributed by atoms with Crippen LogP contribution in [0.5, 0.6) is 0 Å². The lowest BCUT2D eigenvalue weighted by Crippen LogP contribution is -2.28. The standard InChI is InChI=1S/C17H18N8OS/c1-2-6-19-17(27)24-15-4-3-12-16(23-15)22-13(9-20-12)11-8-21-25(10-11)7-5-14(18)26/h2-4,8-10H,1,5-7H2,(H2,18,26)(H2,19,22,23,24,27). The van der Waals surface area contributed by atoms with Gasteiger partial charge in [0.05, 0.1) is 18.1 Å². The predicted molar refractivity (Wildman–Crippen MR) is 107 cm³/mol. The fraction of sp³-hybridized carbons (Fsp3) is 0.176. The number of nitrogens with one attached hydrogen (secondary N) is 2. The number of thiocarbonyl (C=S) groups is 1. The molecule has 0 aliphatic carbocycles. The lowest BCUT2D eigenvalue weighted by Gasteiger charge is -2.08. The quantitative estimate of drug-likeness (QED) is 0.412. The number of pyridine rings is 1. The molecule has 0 saturated carbocycles. The summed E-state index contributed by atoms with van der Waals surface area (Å²) in [4.78, 5) is 24.3. The van der Waals surface area contributed by atoms with Gasteiger partial charge in [-0.15, -0.1) is 6.58 Å². The van der Waals surface area contributed by atoms with Crippen molar-refractivity contribution in [2.45, 2.75) is 13.0 Å². The first-order chi connectivity index (χ1) is 13.0. The van der Waals surface area contributed by atoms with Crippen LogP contribution < -0.4 is 16.4 Å². The van der Waals surface area contributed by atoms with E-state index < -0.39 is 0 Å². The zero-order valence-electron chi connectivity index (χ0n) is 14.4. The fourth-order valence-corrected chi connectivity index (χ4v) is 2.46. The zero-order chi connectivity index (χ0) is 19.2. The predicted octanol–water partition coefficient (Wildman–Crippen LogP) is 1.24. The Kier molecular flexibility index (Phi) is 5.67. The van der Waals surface area contributed by atoms with E-state index in [1.165, 1.54) is 0 Å². The number of rotatable bonds is 7. The summed E-state index contributed by atoms with van der Waals surface area (Å²) in [5.74, 6) is 0.190. The van der Waals surface area contributed by atoms with Crippen LogP contribution in [0.15, 0.2) is 43.4 Å². The zero-order valence-corrected chi connectivity index (χ0v) is 15.2. The van der Waals surface area contributed by atoms with Gasteiger partial charge >= 0.3 is 0 Å². The SMILES string of the molecule is C=CCNC(=S)Nc1ccc2ncc(-c3cnn(CCC(N)=O)c3)nc2n1. The van der Waals surface area contributed by atoms with Crippen LogP contribution in [0.2, 0.25) is 0 Å². The molecule has 3 heterocycles. The molecule has 0 aromatic carbocycles. The maximum atomic E-state index is 10.9. The number of hydrogen-bond acceptors (Lipinski definition) is 6. The van der Waals surface area contributed by atoms with Crippen LogP contribution in [0.25, 0.3) is 22.4 Å². The summed E-state index contributed by atoms with van der Waals surface area (Å²) in [5.41, 5.74) is 7.71. The second-order valence-electron chi connectivity index (χ2n) is 5.63. The molecule has 3 aromatic heterocycles. The van der Waals surface area contributed by atoms with Gasteiger partial charge < -0.3 is 16.4 Å². The minimum atomic E-state index is -0.373. The molecule has 9 nitrogen and oxygen atoms in total. The summed E-state index contributed by atoms with van der Waals surface area (Å²) >= 11 is 5.18. The van der Waals surface area contributed by atoms with E-state index in [-0.39, 0.29) is 12.3 Å². The molecule has 0 unspecified atom stereocenters. The van der Waals surface area contributed by atoms with Gasteiger partial charge in [0.25, 0.3) is 0 Å². The summed E-state index contributed by atoms with van der Waals surface area (Å²) < 4.78 is 1.64. The molecular weight excluding hydrogens is 364 g/mol. The largest absolute Gasteiger partial charge is 0.370 e. The highest BCUT2D eigenvalue weighted by Crippen LogP contribution is 2.19. The Hall–Kier alpha value is -3.40. The summed E-state index contributed by atoms with van der Waals surface area (Å²) in [6, 6.07) is 3.59. The van der Waals surface area contributed by atoms with Crippen molar-refractivity contribution in [3.8, 4) is 11.3 Å². The summed E-state index contributed by atoms with van der Waals surface area (Å²) in [6.07, 6.45) is 7.04. The molecule has 0 aliphatic heterocycles. The average Bonchev–Trinajstić information content (AvgIpc) is 3.13. The summed E-state index contributed by atoms with van der Waals surface area (Å²) in [6.45, 7) is 4.60. The Morgan fingerprint density at radius 1 is 1.33 bits per heavy atom. The van der Waals surface area contributed by atoms with Crippen molar-refractivity contribution >= 4 is 40.2 Å². The molecule has 0 bridgehead atoms. The molecule has 0 atom stereocenters. The van der Waals surface area contributed by atoms with Crippen LogP contribution in [0.1, 0.15) is 6.42 Å². The maximum Gasteiger partial charge on any atom is 0.219 e. The molecule has 27 heavy (non-hydrogen) atoms. The normalized spacial score (nSPS) is 10.5. The molecule has 4 N–H and O–H groups in total. The average molecular weight is 382 g/mol. The minimum absolute atomic E-state index is 0.223. The molecule has 1 amide bonds. The van der Waals surface area contributed by atoms with Crippen molar-refractivity contribution in [3.63, 3.8) is 0 Å². The van der Waals surface area contributed by atoms with E-state index in [4.69, 9.17) is 18.0 Å². The number of nitrogens with zero attached hydrogens (tertiary/aromatic N) is 5. The van der Waals surface area contributed by atoms with Crippen LogP contribution in [0, 0.1) is 0 Å². The molecule has 3 rings (SSSR count). The Morgan fingerprint density at radius 3 is 2.96 bits per heavy atom. The summed E-state index contributed by atoms with van der Waals surface area (Å²) in [7, 11) is 0. The second-order valence-corrected chi connectivity index (χ2v) is 6.03. The van der Waals surface area contributed by atoms with Gasteiger partial charge in [-0.2, -0.15) is 5.10 Å². The molecule has 10 heteroatoms. The minimum Gasteiger partial charge on any atom is -0.370 e. The number of aromatic nitrogens is 5. The molecule has 0 aliphatic rings. The van der Waals surface area contributed by atoms with E-state index in [2.05, 4.69) is 37.3 Å². The highest BCUT2D eigenvalue weighted by Gasteiger charge is 2.08. The third-order valence-corrected chi connectivity index (χ3v) is 3.82. The lowest BCUT2D eigenvalue weighted by atomic mass is 10.2. The highest BCUT2D eigenvalue weighted by atomic mass is 32.1. The van der Waals surface area contributed by atoms with Crippen LogP contribution >= 0.6 is 12.2 Å². The second kappa shape index (κ2) is 8.32. The monoisotopic (exact) mass is 382 g/mol. The summed E-state index contributed by atoms with van der Waals surface area (Å²) in [5, 5.41) is 10.6. The van der Waals surface area contributed by atoms with Gasteiger partial charge in [0, 0.05) is 31.3 Å². The first kappa shape index (κ1) is 18.4. The Bertz CT molecular complexity index is 1000. The van der Waals surface area contributed by atoms with Crippen LogP contribution in [-0.4, -0.2) is 42.3 Å². The smallest absolute Gasteiger partial charge is 0.219 e. The van der Waals surface area contributed by atoms with Crippen molar-refractivity contribution in [1.82, 2.24) is 30.0 Å². The van der Waals surface area contributed by atoms with Gasteiger partial charge in [-0.05, 0) is 24.4 Å². The molecule has 0 radical (unpaired) electrons. The van der Waals surface area contributed by atoms with Crippen LogP contribution in [-0.2, 0) is 11.3 Å². The van der Waals surface area contributed by atoms with Crippen LogP contribution in [0.4, 0.5) is 5.82 Å². The molecule has 0 saturated heterocycles. The van der Waals surface area contributed by atoms with Gasteiger partial charge in [0.15, 0.2) is 10.8 Å². The van der Waals surface area contributed by atoms with E-state index in [1.54, 1.807) is 35.4 Å². The Balaban J connectivity index is 1.80. The van der Waals surface area contributed by atoms with Crippen molar-refractivity contribution < 1.29 is 4.79 Å². The molecular formula is C17H18N8OS. The number of carbonyl (C=O) groups excluding carboxylic acids is 1. The van der Waals surface area contributed by atoms with Crippen molar-refractivity contribution in [2.24, 2.45) is 5.73 Å². The fourth-order valence-electron chi connectivity index (χ4n) is 2.27. The number of anilines is 1. The molecule has 0 spiro atoms. The Labute approximate surface area is 160 Å². The number of carbonyl (C=O) groups is 1. The van der Waals surface area contributed by atoms with E-state index in [0.29, 0.717) is 40.9 Å². The van der Waals surface area contributed by atoms with Gasteiger partial charge in [0.1, 0.15) is 11.3 Å². The number of primary amides is 1.